The van der Waals surface area contributed by atoms with Crippen molar-refractivity contribution >= 4 is 16.0 Å². The maximum Gasteiger partial charge on any atom is 0.301 e. The summed E-state index contributed by atoms with van der Waals surface area (Å²) in [6, 6.07) is 5.15. The van der Waals surface area contributed by atoms with E-state index in [4.69, 9.17) is 4.74 Å². The summed E-state index contributed by atoms with van der Waals surface area (Å²) in [7, 11) is -3.79. The lowest BCUT2D eigenvalue weighted by Gasteiger charge is -2.42. The molecular formula is C16H23FN2O4S. The van der Waals surface area contributed by atoms with Crippen molar-refractivity contribution in [2.75, 3.05) is 6.61 Å². The van der Waals surface area contributed by atoms with Crippen molar-refractivity contribution in [1.29, 1.82) is 0 Å². The van der Waals surface area contributed by atoms with E-state index in [0.29, 0.717) is 5.56 Å². The highest BCUT2D eigenvalue weighted by Gasteiger charge is 2.53. The fraction of sp³-hybridized carbons (Fsp3) is 0.562. The first kappa shape index (κ1) is 18.7. The summed E-state index contributed by atoms with van der Waals surface area (Å²) in [5, 5.41) is 12.2. The molecule has 0 saturated heterocycles. The van der Waals surface area contributed by atoms with Gasteiger partial charge in [0.25, 0.3) is 10.0 Å². The Morgan fingerprint density at radius 2 is 1.83 bits per heavy atom. The van der Waals surface area contributed by atoms with Crippen molar-refractivity contribution in [3.8, 4) is 0 Å². The number of nitrogens with one attached hydrogen (secondary N) is 1. The van der Waals surface area contributed by atoms with Gasteiger partial charge in [0, 0.05) is 6.61 Å². The number of nitrogens with zero attached hydrogens (tertiary/aromatic N) is 1. The number of ether oxygens (including phenoxy) is 1. The number of benzene rings is 1. The van der Waals surface area contributed by atoms with E-state index in [1.807, 2.05) is 0 Å². The van der Waals surface area contributed by atoms with Crippen LogP contribution in [-0.2, 0) is 14.8 Å². The molecule has 134 valence electrons. The second-order valence-corrected chi connectivity index (χ2v) is 8.91. The molecule has 0 aliphatic carbocycles. The molecule has 0 bridgehead atoms. The van der Waals surface area contributed by atoms with Crippen molar-refractivity contribution in [1.82, 2.24) is 5.32 Å². The first-order valence-electron chi connectivity index (χ1n) is 7.66. The van der Waals surface area contributed by atoms with Gasteiger partial charge in [-0.25, -0.2) is 12.8 Å². The molecule has 0 aromatic heterocycles. The molecule has 0 saturated carbocycles. The third-order valence-electron chi connectivity index (χ3n) is 4.64. The van der Waals surface area contributed by atoms with Crippen molar-refractivity contribution < 1.29 is 22.7 Å². The van der Waals surface area contributed by atoms with Crippen LogP contribution < -0.4 is 5.32 Å². The van der Waals surface area contributed by atoms with Gasteiger partial charge in [-0.1, -0.05) is 12.1 Å². The topological polar surface area (TPSA) is 88.0 Å². The van der Waals surface area contributed by atoms with Gasteiger partial charge in [0.2, 0.25) is 0 Å². The Kier molecular flexibility index (Phi) is 4.92. The summed E-state index contributed by atoms with van der Waals surface area (Å²) >= 11 is 0. The number of hydrogen-bond acceptors (Lipinski definition) is 5. The van der Waals surface area contributed by atoms with Gasteiger partial charge in [-0.2, -0.15) is 0 Å². The Morgan fingerprint density at radius 3 is 2.33 bits per heavy atom. The largest absolute Gasteiger partial charge is 0.457 e. The molecule has 1 aromatic rings. The van der Waals surface area contributed by atoms with Crippen LogP contribution in [0.15, 0.2) is 28.7 Å². The molecular weight excluding hydrogens is 335 g/mol. The number of aliphatic hydroxyl groups excluding tert-OH is 1. The molecule has 6 nitrogen and oxygen atoms in total. The zero-order chi connectivity index (χ0) is 18.2. The summed E-state index contributed by atoms with van der Waals surface area (Å²) in [6.07, 6.45) is 0.290. The average Bonchev–Trinajstić information content (AvgIpc) is 2.45. The first-order chi connectivity index (χ1) is 11.0. The van der Waals surface area contributed by atoms with Gasteiger partial charge in [-0.3, -0.25) is 0 Å². The summed E-state index contributed by atoms with van der Waals surface area (Å²) < 4.78 is 46.3. The number of rotatable bonds is 4. The van der Waals surface area contributed by atoms with Crippen molar-refractivity contribution in [3.05, 3.63) is 35.6 Å². The second kappa shape index (κ2) is 6.33. The first-order valence-corrected chi connectivity index (χ1v) is 9.10. The fourth-order valence-electron chi connectivity index (χ4n) is 2.27. The van der Waals surface area contributed by atoms with Crippen LogP contribution in [0.25, 0.3) is 0 Å². The zero-order valence-electron chi connectivity index (χ0n) is 14.2. The maximum atomic E-state index is 13.1. The van der Waals surface area contributed by atoms with Crippen LogP contribution in [0.1, 0.15) is 45.7 Å². The van der Waals surface area contributed by atoms with E-state index in [1.54, 1.807) is 39.8 Å². The predicted octanol–water partition coefficient (Wildman–Crippen LogP) is 2.11. The predicted molar refractivity (Wildman–Crippen MR) is 89.6 cm³/mol. The van der Waals surface area contributed by atoms with Gasteiger partial charge in [0.05, 0.1) is 6.04 Å². The van der Waals surface area contributed by atoms with Crippen LogP contribution >= 0.6 is 0 Å². The van der Waals surface area contributed by atoms with Gasteiger partial charge in [-0.05, 0) is 51.8 Å². The molecule has 0 spiro atoms. The zero-order valence-corrected chi connectivity index (χ0v) is 15.0. The van der Waals surface area contributed by atoms with E-state index in [-0.39, 0.29) is 24.9 Å². The van der Waals surface area contributed by atoms with Crippen LogP contribution in [0.2, 0.25) is 0 Å². The summed E-state index contributed by atoms with van der Waals surface area (Å²) in [4.78, 5) is 0. The van der Waals surface area contributed by atoms with Gasteiger partial charge in [0.15, 0.2) is 0 Å². The number of amidine groups is 1. The Morgan fingerprint density at radius 1 is 1.25 bits per heavy atom. The highest BCUT2D eigenvalue weighted by Crippen LogP contribution is 2.37. The van der Waals surface area contributed by atoms with Crippen molar-refractivity contribution in [3.63, 3.8) is 0 Å². The number of halogens is 1. The normalized spacial score (nSPS) is 22.2. The Labute approximate surface area is 141 Å². The van der Waals surface area contributed by atoms with Crippen LogP contribution in [-0.4, -0.2) is 36.5 Å². The lowest BCUT2D eigenvalue weighted by molar-refractivity contribution is 0.0473. The van der Waals surface area contributed by atoms with E-state index < -0.39 is 26.4 Å². The van der Waals surface area contributed by atoms with Gasteiger partial charge in [0.1, 0.15) is 16.2 Å². The number of hydrogen-bond donors (Lipinski definition) is 2. The molecule has 0 amide bonds. The third kappa shape index (κ3) is 3.39. The van der Waals surface area contributed by atoms with Crippen molar-refractivity contribution in [2.45, 2.75) is 50.5 Å². The fourth-order valence-corrected chi connectivity index (χ4v) is 3.47. The molecule has 2 N–H and O–H groups in total. The molecule has 1 atom stereocenters. The standard InChI is InChI=1S/C16H23FN2O4S/c1-15(2)16(3,4)24(21,22)19-14(23-15)18-13(9-10-20)11-5-7-12(17)8-6-11/h5-8,13,20H,9-10H2,1-4H3,(H,18,19). The summed E-state index contributed by atoms with van der Waals surface area (Å²) in [6.45, 7) is 6.35. The maximum absolute atomic E-state index is 13.1. The minimum absolute atomic E-state index is 0.123. The summed E-state index contributed by atoms with van der Waals surface area (Å²) in [5.74, 6) is -0.377. The van der Waals surface area contributed by atoms with Crippen molar-refractivity contribution in [2.24, 2.45) is 4.40 Å². The minimum Gasteiger partial charge on any atom is -0.457 e. The monoisotopic (exact) mass is 358 g/mol. The van der Waals surface area contributed by atoms with E-state index in [2.05, 4.69) is 9.71 Å². The quantitative estimate of drug-likeness (QED) is 0.861. The van der Waals surface area contributed by atoms with E-state index in [9.17, 15) is 17.9 Å². The van der Waals surface area contributed by atoms with E-state index in [1.165, 1.54) is 12.1 Å². The highest BCUT2D eigenvalue weighted by atomic mass is 32.2. The molecule has 1 unspecified atom stereocenters. The Bertz CT molecular complexity index is 727. The van der Waals surface area contributed by atoms with Gasteiger partial charge < -0.3 is 15.2 Å². The lowest BCUT2D eigenvalue weighted by Crippen LogP contribution is -2.58. The highest BCUT2D eigenvalue weighted by molar-refractivity contribution is 7.91. The SMILES string of the molecule is CC1(C)OC(NC(CCO)c2ccc(F)cc2)=NS(=O)(=O)C1(C)C. The molecule has 24 heavy (non-hydrogen) atoms. The van der Waals surface area contributed by atoms with Gasteiger partial charge >= 0.3 is 6.02 Å². The molecule has 0 fully saturated rings. The smallest absolute Gasteiger partial charge is 0.301 e. The molecule has 1 aliphatic heterocycles. The molecule has 0 radical (unpaired) electrons. The molecule has 1 heterocycles. The average molecular weight is 358 g/mol. The molecule has 8 heteroatoms. The number of sulfonamides is 1. The van der Waals surface area contributed by atoms with E-state index in [0.717, 1.165) is 0 Å². The molecule has 1 aromatic carbocycles. The van der Waals surface area contributed by atoms with Gasteiger partial charge in [-0.15, -0.1) is 4.40 Å². The molecule has 1 aliphatic rings. The van der Waals surface area contributed by atoms with Crippen LogP contribution in [0, 0.1) is 5.82 Å². The Balaban J connectivity index is 2.33. The van der Waals surface area contributed by atoms with E-state index >= 15 is 0 Å². The lowest BCUT2D eigenvalue weighted by atomic mass is 9.93. The third-order valence-corrected chi connectivity index (χ3v) is 6.83. The van der Waals surface area contributed by atoms with Crippen LogP contribution in [0.4, 0.5) is 4.39 Å². The Hall–Kier alpha value is -1.67. The minimum atomic E-state index is -3.79. The van der Waals surface area contributed by atoms with Crippen LogP contribution in [0.5, 0.6) is 0 Å². The number of aliphatic hydroxyl groups is 1. The second-order valence-electron chi connectivity index (χ2n) is 6.75. The summed E-state index contributed by atoms with van der Waals surface area (Å²) in [5.41, 5.74) is -0.306. The molecule has 2 rings (SSSR count). The van der Waals surface area contributed by atoms with Crippen LogP contribution in [0.3, 0.4) is 0 Å².